The average Bonchev–Trinajstić information content (AvgIpc) is 2.02. The minimum absolute atomic E-state index is 0.0760. The quantitative estimate of drug-likeness (QED) is 0.616. The van der Waals surface area contributed by atoms with Gasteiger partial charge in [0.25, 0.3) is 0 Å². The average molecular weight is 170 g/mol. The first-order valence-electron chi connectivity index (χ1n) is 4.67. The molecule has 0 aromatic heterocycles. The Bertz CT molecular complexity index is 161. The third-order valence-electron chi connectivity index (χ3n) is 2.72. The van der Waals surface area contributed by atoms with E-state index in [4.69, 9.17) is 5.11 Å². The Kier molecular flexibility index (Phi) is 3.29. The Morgan fingerprint density at radius 2 is 2.25 bits per heavy atom. The van der Waals surface area contributed by atoms with Crippen LogP contribution in [0.5, 0.6) is 0 Å². The third-order valence-corrected chi connectivity index (χ3v) is 2.72. The zero-order valence-electron chi connectivity index (χ0n) is 7.66. The highest BCUT2D eigenvalue weighted by Gasteiger charge is 2.32. The van der Waals surface area contributed by atoms with Crippen LogP contribution in [-0.2, 0) is 0 Å². The zero-order valence-corrected chi connectivity index (χ0v) is 7.66. The normalized spacial score (nSPS) is 37.4. The fourth-order valence-electron chi connectivity index (χ4n) is 1.87. The Morgan fingerprint density at radius 3 is 2.83 bits per heavy atom. The summed E-state index contributed by atoms with van der Waals surface area (Å²) >= 11 is 0. The van der Waals surface area contributed by atoms with Crippen molar-refractivity contribution in [3.8, 4) is 0 Å². The van der Waals surface area contributed by atoms with Crippen molar-refractivity contribution < 1.29 is 10.2 Å². The number of aliphatic hydroxyl groups is 2. The molecule has 70 valence electrons. The highest BCUT2D eigenvalue weighted by molar-refractivity contribution is 4.99. The van der Waals surface area contributed by atoms with E-state index in [1.165, 1.54) is 6.42 Å². The Balaban J connectivity index is 2.54. The fourth-order valence-corrected chi connectivity index (χ4v) is 1.87. The summed E-state index contributed by atoms with van der Waals surface area (Å²) in [5, 5.41) is 18.5. The second kappa shape index (κ2) is 4.06. The van der Waals surface area contributed by atoms with Crippen LogP contribution in [0.3, 0.4) is 0 Å². The lowest BCUT2D eigenvalue weighted by molar-refractivity contribution is -0.0123. The summed E-state index contributed by atoms with van der Waals surface area (Å²) in [5.41, 5.74) is -0.552. The molecule has 2 unspecified atom stereocenters. The summed E-state index contributed by atoms with van der Waals surface area (Å²) in [6.45, 7) is 1.96. The van der Waals surface area contributed by atoms with Gasteiger partial charge in [-0.15, -0.1) is 0 Å². The summed E-state index contributed by atoms with van der Waals surface area (Å²) in [4.78, 5) is 0. The van der Waals surface area contributed by atoms with Crippen LogP contribution in [0.4, 0.5) is 0 Å². The first-order valence-corrected chi connectivity index (χ1v) is 4.67. The number of aliphatic hydroxyl groups excluding tert-OH is 1. The van der Waals surface area contributed by atoms with Crippen LogP contribution in [0.1, 0.15) is 32.6 Å². The van der Waals surface area contributed by atoms with Gasteiger partial charge in [0.2, 0.25) is 0 Å². The molecule has 1 aliphatic rings. The predicted molar refractivity (Wildman–Crippen MR) is 48.8 cm³/mol. The SMILES string of the molecule is CC1(O)CCCCC1/C=C/CO. The van der Waals surface area contributed by atoms with Gasteiger partial charge in [-0.2, -0.15) is 0 Å². The van der Waals surface area contributed by atoms with Gasteiger partial charge in [-0.25, -0.2) is 0 Å². The molecular formula is C10H18O2. The van der Waals surface area contributed by atoms with E-state index in [2.05, 4.69) is 0 Å². The summed E-state index contributed by atoms with van der Waals surface area (Å²) in [6, 6.07) is 0. The molecule has 2 atom stereocenters. The van der Waals surface area contributed by atoms with Crippen molar-refractivity contribution in [3.63, 3.8) is 0 Å². The van der Waals surface area contributed by atoms with Crippen molar-refractivity contribution in [2.75, 3.05) is 6.61 Å². The second-order valence-corrected chi connectivity index (χ2v) is 3.82. The molecular weight excluding hydrogens is 152 g/mol. The van der Waals surface area contributed by atoms with Gasteiger partial charge in [0.05, 0.1) is 12.2 Å². The van der Waals surface area contributed by atoms with Gasteiger partial charge in [-0.3, -0.25) is 0 Å². The van der Waals surface area contributed by atoms with Crippen LogP contribution in [-0.4, -0.2) is 22.4 Å². The van der Waals surface area contributed by atoms with Crippen LogP contribution < -0.4 is 0 Å². The fraction of sp³-hybridized carbons (Fsp3) is 0.800. The van der Waals surface area contributed by atoms with E-state index in [0.717, 1.165) is 19.3 Å². The van der Waals surface area contributed by atoms with Crippen LogP contribution in [0.15, 0.2) is 12.2 Å². The molecule has 1 saturated carbocycles. The van der Waals surface area contributed by atoms with Gasteiger partial charge in [-0.1, -0.05) is 25.0 Å². The first-order chi connectivity index (χ1) is 5.67. The molecule has 0 aromatic carbocycles. The van der Waals surface area contributed by atoms with E-state index in [1.807, 2.05) is 13.0 Å². The monoisotopic (exact) mass is 170 g/mol. The Hall–Kier alpha value is -0.340. The van der Waals surface area contributed by atoms with Gasteiger partial charge in [0.1, 0.15) is 0 Å². The van der Waals surface area contributed by atoms with Crippen LogP contribution >= 0.6 is 0 Å². The molecule has 1 rings (SSSR count). The maximum Gasteiger partial charge on any atom is 0.0682 e. The largest absolute Gasteiger partial charge is 0.392 e. The maximum atomic E-state index is 9.93. The number of rotatable bonds is 2. The summed E-state index contributed by atoms with van der Waals surface area (Å²) in [6.07, 6.45) is 7.91. The molecule has 0 bridgehead atoms. The van der Waals surface area contributed by atoms with Gasteiger partial charge >= 0.3 is 0 Å². The van der Waals surface area contributed by atoms with E-state index in [0.29, 0.717) is 0 Å². The minimum Gasteiger partial charge on any atom is -0.392 e. The van der Waals surface area contributed by atoms with Gasteiger partial charge in [0.15, 0.2) is 0 Å². The summed E-state index contributed by atoms with van der Waals surface area (Å²) < 4.78 is 0. The molecule has 2 heteroatoms. The van der Waals surface area contributed by atoms with Gasteiger partial charge in [-0.05, 0) is 19.8 Å². The first kappa shape index (κ1) is 9.75. The topological polar surface area (TPSA) is 40.5 Å². The van der Waals surface area contributed by atoms with E-state index >= 15 is 0 Å². The molecule has 1 aliphatic carbocycles. The zero-order chi connectivity index (χ0) is 9.03. The molecule has 0 aromatic rings. The van der Waals surface area contributed by atoms with Crippen molar-refractivity contribution in [3.05, 3.63) is 12.2 Å². The van der Waals surface area contributed by atoms with Crippen molar-refractivity contribution >= 4 is 0 Å². The van der Waals surface area contributed by atoms with Crippen molar-refractivity contribution in [1.29, 1.82) is 0 Å². The van der Waals surface area contributed by atoms with Crippen molar-refractivity contribution in [2.45, 2.75) is 38.2 Å². The molecule has 0 spiro atoms. The molecule has 0 heterocycles. The van der Waals surface area contributed by atoms with Crippen LogP contribution in [0.2, 0.25) is 0 Å². The van der Waals surface area contributed by atoms with Crippen molar-refractivity contribution in [1.82, 2.24) is 0 Å². The van der Waals surface area contributed by atoms with Crippen LogP contribution in [0.25, 0.3) is 0 Å². The molecule has 12 heavy (non-hydrogen) atoms. The number of hydrogen-bond acceptors (Lipinski definition) is 2. The Labute approximate surface area is 73.9 Å². The summed E-state index contributed by atoms with van der Waals surface area (Å²) in [7, 11) is 0. The Morgan fingerprint density at radius 1 is 1.50 bits per heavy atom. The second-order valence-electron chi connectivity index (χ2n) is 3.82. The van der Waals surface area contributed by atoms with E-state index in [9.17, 15) is 5.11 Å². The lowest BCUT2D eigenvalue weighted by atomic mass is 9.76. The molecule has 0 radical (unpaired) electrons. The highest BCUT2D eigenvalue weighted by Crippen LogP contribution is 2.34. The molecule has 0 aliphatic heterocycles. The molecule has 2 nitrogen and oxygen atoms in total. The lowest BCUT2D eigenvalue weighted by Gasteiger charge is -2.35. The minimum atomic E-state index is -0.552. The molecule has 0 saturated heterocycles. The summed E-state index contributed by atoms with van der Waals surface area (Å²) in [5.74, 6) is 0.235. The van der Waals surface area contributed by atoms with Gasteiger partial charge < -0.3 is 10.2 Å². The van der Waals surface area contributed by atoms with Crippen molar-refractivity contribution in [2.24, 2.45) is 5.92 Å². The van der Waals surface area contributed by atoms with E-state index < -0.39 is 5.60 Å². The predicted octanol–water partition coefficient (Wildman–Crippen LogP) is 1.48. The standard InChI is InChI=1S/C10H18O2/c1-10(12)7-3-2-5-9(10)6-4-8-11/h4,6,9,11-12H,2-3,5,7-8H2,1H3/b6-4+. The molecule has 2 N–H and O–H groups in total. The van der Waals surface area contributed by atoms with Crippen LogP contribution in [0, 0.1) is 5.92 Å². The number of hydrogen-bond donors (Lipinski definition) is 2. The maximum absolute atomic E-state index is 9.93. The lowest BCUT2D eigenvalue weighted by Crippen LogP contribution is -2.36. The van der Waals surface area contributed by atoms with E-state index in [-0.39, 0.29) is 12.5 Å². The molecule has 1 fully saturated rings. The van der Waals surface area contributed by atoms with Gasteiger partial charge in [0, 0.05) is 5.92 Å². The third kappa shape index (κ3) is 2.32. The van der Waals surface area contributed by atoms with E-state index in [1.54, 1.807) is 6.08 Å². The molecule has 0 amide bonds. The highest BCUT2D eigenvalue weighted by atomic mass is 16.3. The smallest absolute Gasteiger partial charge is 0.0682 e.